The van der Waals surface area contributed by atoms with Gasteiger partial charge in [0.15, 0.2) is 12.2 Å². The second-order valence-electron chi connectivity index (χ2n) is 10.6. The van der Waals surface area contributed by atoms with Crippen LogP contribution in [0, 0.1) is 0 Å². The molecule has 234 valence electrons. The third-order valence-electron chi connectivity index (χ3n) is 7.45. The molecule has 4 aromatic carbocycles. The van der Waals surface area contributed by atoms with Crippen molar-refractivity contribution in [1.82, 2.24) is 0 Å². The van der Waals surface area contributed by atoms with Crippen LogP contribution in [0.25, 0.3) is 11.1 Å². The van der Waals surface area contributed by atoms with E-state index in [4.69, 9.17) is 28.4 Å². The molecule has 2 aliphatic rings. The van der Waals surface area contributed by atoms with Crippen LogP contribution in [0.15, 0.2) is 97.1 Å². The monoisotopic (exact) mass is 624 g/mol. The fourth-order valence-electron chi connectivity index (χ4n) is 5.14. The van der Waals surface area contributed by atoms with E-state index in [1.807, 2.05) is 0 Å². The number of carbonyl (C=O) groups is 4. The summed E-state index contributed by atoms with van der Waals surface area (Å²) in [4.78, 5) is 49.3. The summed E-state index contributed by atoms with van der Waals surface area (Å²) >= 11 is 0. The molecule has 4 aromatic rings. The van der Waals surface area contributed by atoms with Gasteiger partial charge in [0, 0.05) is 6.92 Å². The van der Waals surface area contributed by atoms with Gasteiger partial charge in [-0.05, 0) is 83.9 Å². The van der Waals surface area contributed by atoms with Gasteiger partial charge >= 0.3 is 23.9 Å². The summed E-state index contributed by atoms with van der Waals surface area (Å²) < 4.78 is 33.2. The van der Waals surface area contributed by atoms with Crippen LogP contribution < -0.4 is 9.47 Å². The van der Waals surface area contributed by atoms with Crippen LogP contribution in [0.1, 0.15) is 38.0 Å². The molecule has 11 heteroatoms. The Morgan fingerprint density at radius 3 is 1.41 bits per heavy atom. The van der Waals surface area contributed by atoms with Gasteiger partial charge in [0.05, 0.1) is 29.9 Å². The van der Waals surface area contributed by atoms with Crippen LogP contribution in [0.4, 0.5) is 0 Å². The van der Waals surface area contributed by atoms with Crippen molar-refractivity contribution in [2.24, 2.45) is 0 Å². The molecule has 6 rings (SSSR count). The zero-order chi connectivity index (χ0) is 32.2. The maximum atomic E-state index is 12.9. The van der Waals surface area contributed by atoms with Crippen molar-refractivity contribution in [3.8, 4) is 28.4 Å². The number of fused-ring (bicyclic) bond motifs is 1. The molecule has 0 radical (unpaired) electrons. The molecule has 2 fully saturated rings. The van der Waals surface area contributed by atoms with Gasteiger partial charge in [-0.15, -0.1) is 0 Å². The Morgan fingerprint density at radius 1 is 0.565 bits per heavy atom. The van der Waals surface area contributed by atoms with Crippen LogP contribution in [0.3, 0.4) is 0 Å². The number of ether oxygens (including phenoxy) is 6. The van der Waals surface area contributed by atoms with E-state index in [-0.39, 0.29) is 35.8 Å². The number of rotatable bonds is 8. The highest BCUT2D eigenvalue weighted by molar-refractivity contribution is 5.92. The first-order valence-electron chi connectivity index (χ1n) is 14.4. The number of phenols is 1. The zero-order valence-corrected chi connectivity index (χ0v) is 24.5. The lowest BCUT2D eigenvalue weighted by Crippen LogP contribution is -2.36. The Kier molecular flexibility index (Phi) is 8.77. The van der Waals surface area contributed by atoms with Crippen LogP contribution in [-0.2, 0) is 23.7 Å². The second-order valence-corrected chi connectivity index (χ2v) is 10.6. The van der Waals surface area contributed by atoms with E-state index in [0.717, 1.165) is 11.1 Å². The minimum absolute atomic E-state index is 0.0629. The molecule has 2 aliphatic heterocycles. The van der Waals surface area contributed by atoms with Gasteiger partial charge in [0.25, 0.3) is 0 Å². The molecule has 0 aliphatic carbocycles. The minimum atomic E-state index is -0.716. The lowest BCUT2D eigenvalue weighted by molar-refractivity contribution is -0.131. The third kappa shape index (κ3) is 6.90. The lowest BCUT2D eigenvalue weighted by Gasteiger charge is -2.17. The largest absolute Gasteiger partial charge is 0.508 e. The summed E-state index contributed by atoms with van der Waals surface area (Å²) in [6, 6.07) is 25.5. The molecule has 4 atom stereocenters. The Labute approximate surface area is 263 Å². The normalized spacial score (nSPS) is 19.9. The molecular formula is C35H28O11. The number of hydrogen-bond donors (Lipinski definition) is 1. The standard InChI is InChI=1S/C35H28O11/c1-20(36)43-27-14-8-24(9-15-27)34(39)45-29-18-41-32-30(19-42-31(29)32)46-35(40)25-10-16-28(17-11-25)44-33(38)23-4-2-21(3-5-23)22-6-12-26(37)13-7-22/h2-17,29-32,37H,18-19H2,1H3. The number of benzene rings is 4. The maximum absolute atomic E-state index is 12.9. The van der Waals surface area contributed by atoms with Gasteiger partial charge in [-0.3, -0.25) is 4.79 Å². The summed E-state index contributed by atoms with van der Waals surface area (Å²) in [6.45, 7) is 1.41. The van der Waals surface area contributed by atoms with E-state index in [2.05, 4.69) is 0 Å². The van der Waals surface area contributed by atoms with E-state index in [0.29, 0.717) is 11.3 Å². The van der Waals surface area contributed by atoms with Crippen molar-refractivity contribution in [2.75, 3.05) is 13.2 Å². The molecule has 1 N–H and O–H groups in total. The Balaban J connectivity index is 0.994. The van der Waals surface area contributed by atoms with E-state index in [1.54, 1.807) is 48.5 Å². The Bertz CT molecular complexity index is 1730. The highest BCUT2D eigenvalue weighted by atomic mass is 16.7. The van der Waals surface area contributed by atoms with Gasteiger partial charge in [0.1, 0.15) is 29.5 Å². The molecule has 0 bridgehead atoms. The first-order valence-corrected chi connectivity index (χ1v) is 14.4. The fraction of sp³-hybridized carbons (Fsp3) is 0.200. The number of hydrogen-bond acceptors (Lipinski definition) is 11. The van der Waals surface area contributed by atoms with Crippen LogP contribution in [0.5, 0.6) is 17.2 Å². The molecular weight excluding hydrogens is 596 g/mol. The summed E-state index contributed by atoms with van der Waals surface area (Å²) in [6.07, 6.45) is -2.65. The maximum Gasteiger partial charge on any atom is 0.343 e. The van der Waals surface area contributed by atoms with Crippen molar-refractivity contribution in [2.45, 2.75) is 31.3 Å². The smallest absolute Gasteiger partial charge is 0.343 e. The zero-order valence-electron chi connectivity index (χ0n) is 24.5. The average molecular weight is 625 g/mol. The van der Waals surface area contributed by atoms with Crippen molar-refractivity contribution in [3.63, 3.8) is 0 Å². The van der Waals surface area contributed by atoms with Crippen molar-refractivity contribution in [1.29, 1.82) is 0 Å². The summed E-state index contributed by atoms with van der Waals surface area (Å²) in [5.41, 5.74) is 2.61. The van der Waals surface area contributed by atoms with E-state index >= 15 is 0 Å². The van der Waals surface area contributed by atoms with Gasteiger partial charge < -0.3 is 33.5 Å². The highest BCUT2D eigenvalue weighted by Crippen LogP contribution is 2.32. The first-order chi connectivity index (χ1) is 22.2. The van der Waals surface area contributed by atoms with Gasteiger partial charge in [0.2, 0.25) is 0 Å². The molecule has 0 amide bonds. The van der Waals surface area contributed by atoms with E-state index in [9.17, 15) is 24.3 Å². The molecule has 0 saturated carbocycles. The Morgan fingerprint density at radius 2 is 0.957 bits per heavy atom. The van der Waals surface area contributed by atoms with Crippen molar-refractivity contribution < 1.29 is 52.7 Å². The number of carbonyl (C=O) groups excluding carboxylic acids is 4. The summed E-state index contributed by atoms with van der Waals surface area (Å²) in [5, 5.41) is 9.47. The average Bonchev–Trinajstić information content (AvgIpc) is 3.64. The van der Waals surface area contributed by atoms with Gasteiger partial charge in [-0.1, -0.05) is 24.3 Å². The predicted molar refractivity (Wildman–Crippen MR) is 161 cm³/mol. The van der Waals surface area contributed by atoms with Crippen LogP contribution in [-0.4, -0.2) is 66.6 Å². The number of esters is 4. The summed E-state index contributed by atoms with van der Waals surface area (Å²) in [5.74, 6) is -1.52. The molecule has 2 heterocycles. The SMILES string of the molecule is CC(=O)Oc1ccc(C(=O)OC2COC3C(OC(=O)c4ccc(OC(=O)c5ccc(-c6ccc(O)cc6)cc5)cc4)COC23)cc1. The quantitative estimate of drug-likeness (QED) is 0.214. The molecule has 2 saturated heterocycles. The molecule has 0 aromatic heterocycles. The van der Waals surface area contributed by atoms with Crippen LogP contribution in [0.2, 0.25) is 0 Å². The number of phenolic OH excluding ortho intramolecular Hbond substituents is 1. The lowest BCUT2D eigenvalue weighted by atomic mass is 10.0. The second kappa shape index (κ2) is 13.2. The first kappa shape index (κ1) is 30.5. The highest BCUT2D eigenvalue weighted by Gasteiger charge is 2.51. The van der Waals surface area contributed by atoms with E-state index in [1.165, 1.54) is 55.5 Å². The number of aromatic hydroxyl groups is 1. The fourth-order valence-corrected chi connectivity index (χ4v) is 5.14. The van der Waals surface area contributed by atoms with Gasteiger partial charge in [-0.2, -0.15) is 0 Å². The molecule has 4 unspecified atom stereocenters. The van der Waals surface area contributed by atoms with Crippen molar-refractivity contribution >= 4 is 23.9 Å². The molecule has 0 spiro atoms. The molecule has 46 heavy (non-hydrogen) atoms. The van der Waals surface area contributed by atoms with Crippen molar-refractivity contribution in [3.05, 3.63) is 114 Å². The van der Waals surface area contributed by atoms with Gasteiger partial charge in [-0.25, -0.2) is 14.4 Å². The minimum Gasteiger partial charge on any atom is -0.508 e. The predicted octanol–water partition coefficient (Wildman–Crippen LogP) is 4.75. The van der Waals surface area contributed by atoms with Crippen LogP contribution >= 0.6 is 0 Å². The molecule has 11 nitrogen and oxygen atoms in total. The topological polar surface area (TPSA) is 144 Å². The third-order valence-corrected chi connectivity index (χ3v) is 7.45. The Hall–Kier alpha value is -5.52. The van der Waals surface area contributed by atoms with E-state index < -0.39 is 48.3 Å². The summed E-state index contributed by atoms with van der Waals surface area (Å²) in [7, 11) is 0.